The van der Waals surface area contributed by atoms with Crippen molar-refractivity contribution in [3.05, 3.63) is 35.9 Å². The summed E-state index contributed by atoms with van der Waals surface area (Å²) in [5.41, 5.74) is 1.26. The summed E-state index contributed by atoms with van der Waals surface area (Å²) in [6.45, 7) is 4.75. The zero-order valence-electron chi connectivity index (χ0n) is 10.8. The average molecular weight is 247 g/mol. The van der Waals surface area contributed by atoms with Gasteiger partial charge in [-0.3, -0.25) is 14.2 Å². The third kappa shape index (κ3) is 2.58. The van der Waals surface area contributed by atoms with Crippen molar-refractivity contribution < 1.29 is 4.79 Å². The Morgan fingerprint density at radius 3 is 2.72 bits per heavy atom. The molecule has 2 heterocycles. The number of nitrogens with one attached hydrogen (secondary N) is 1. The van der Waals surface area contributed by atoms with Gasteiger partial charge in [-0.05, 0) is 26.0 Å². The van der Waals surface area contributed by atoms with Gasteiger partial charge in [-0.15, -0.1) is 0 Å². The zero-order valence-corrected chi connectivity index (χ0v) is 10.8. The number of rotatable bonds is 4. The van der Waals surface area contributed by atoms with Gasteiger partial charge in [0, 0.05) is 26.0 Å². The molecule has 0 spiro atoms. The summed E-state index contributed by atoms with van der Waals surface area (Å²) in [5.74, 6) is -0.186. The second-order valence-electron chi connectivity index (χ2n) is 4.17. The van der Waals surface area contributed by atoms with Gasteiger partial charge in [0.15, 0.2) is 0 Å². The van der Waals surface area contributed by atoms with Crippen LogP contribution in [0, 0.1) is 0 Å². The van der Waals surface area contributed by atoms with E-state index in [1.807, 2.05) is 30.8 Å². The van der Waals surface area contributed by atoms with Gasteiger partial charge < -0.3 is 5.32 Å². The van der Waals surface area contributed by atoms with Crippen molar-refractivity contribution in [1.29, 1.82) is 0 Å². The van der Waals surface area contributed by atoms with Crippen LogP contribution in [0.5, 0.6) is 0 Å². The molecule has 18 heavy (non-hydrogen) atoms. The van der Waals surface area contributed by atoms with Gasteiger partial charge in [0.1, 0.15) is 5.69 Å². The van der Waals surface area contributed by atoms with Gasteiger partial charge in [-0.2, -0.15) is 10.2 Å². The van der Waals surface area contributed by atoms with Crippen LogP contribution >= 0.6 is 0 Å². The molecule has 6 nitrogen and oxygen atoms in total. The maximum Gasteiger partial charge on any atom is 0.272 e. The molecule has 0 aliphatic heterocycles. The molecule has 6 heteroatoms. The summed E-state index contributed by atoms with van der Waals surface area (Å²) >= 11 is 0. The molecule has 0 aliphatic carbocycles. The molecule has 0 bridgehead atoms. The van der Waals surface area contributed by atoms with Gasteiger partial charge in [-0.1, -0.05) is 0 Å². The molecule has 96 valence electrons. The van der Waals surface area contributed by atoms with E-state index in [0.29, 0.717) is 5.69 Å². The molecule has 2 aromatic heterocycles. The Hall–Kier alpha value is -2.11. The summed E-state index contributed by atoms with van der Waals surface area (Å²) in [4.78, 5) is 11.9. The lowest BCUT2D eigenvalue weighted by molar-refractivity contribution is 0.0933. The lowest BCUT2D eigenvalue weighted by atomic mass is 10.2. The molecule has 2 aromatic rings. The van der Waals surface area contributed by atoms with Crippen LogP contribution in [0.15, 0.2) is 24.5 Å². The van der Waals surface area contributed by atoms with Gasteiger partial charge in [0.2, 0.25) is 0 Å². The molecule has 1 atom stereocenters. The van der Waals surface area contributed by atoms with Crippen LogP contribution in [0.3, 0.4) is 0 Å². The van der Waals surface area contributed by atoms with Crippen molar-refractivity contribution in [3.63, 3.8) is 0 Å². The number of aromatic nitrogens is 4. The van der Waals surface area contributed by atoms with Crippen LogP contribution in [0.1, 0.15) is 36.1 Å². The van der Waals surface area contributed by atoms with Crippen molar-refractivity contribution in [2.75, 3.05) is 0 Å². The molecule has 0 fully saturated rings. The minimum Gasteiger partial charge on any atom is -0.342 e. The van der Waals surface area contributed by atoms with Crippen LogP contribution < -0.4 is 5.32 Å². The predicted molar refractivity (Wildman–Crippen MR) is 67.0 cm³/mol. The number of carbonyl (C=O) groups excluding carboxylic acids is 1. The van der Waals surface area contributed by atoms with Crippen molar-refractivity contribution in [3.8, 4) is 0 Å². The van der Waals surface area contributed by atoms with E-state index in [9.17, 15) is 4.79 Å². The zero-order chi connectivity index (χ0) is 13.1. The smallest absolute Gasteiger partial charge is 0.272 e. The molecule has 0 radical (unpaired) electrons. The topological polar surface area (TPSA) is 64.7 Å². The first kappa shape index (κ1) is 12.3. The summed E-state index contributed by atoms with van der Waals surface area (Å²) in [6, 6.07) is 3.46. The van der Waals surface area contributed by atoms with Crippen LogP contribution in [0.4, 0.5) is 0 Å². The SMILES string of the molecule is CCn1ccc(C(C)NC(=O)c2ccn(C)n2)n1. The minimum atomic E-state index is -0.186. The second kappa shape index (κ2) is 5.03. The van der Waals surface area contributed by atoms with Gasteiger partial charge in [-0.25, -0.2) is 0 Å². The first-order chi connectivity index (χ1) is 8.60. The fourth-order valence-electron chi connectivity index (χ4n) is 1.67. The highest BCUT2D eigenvalue weighted by Crippen LogP contribution is 2.10. The van der Waals surface area contributed by atoms with Crippen molar-refractivity contribution >= 4 is 5.91 Å². The van der Waals surface area contributed by atoms with E-state index < -0.39 is 0 Å². The fraction of sp³-hybridized carbons (Fsp3) is 0.417. The van der Waals surface area contributed by atoms with E-state index in [1.165, 1.54) is 0 Å². The van der Waals surface area contributed by atoms with E-state index >= 15 is 0 Å². The van der Waals surface area contributed by atoms with Crippen LogP contribution in [0.25, 0.3) is 0 Å². The van der Waals surface area contributed by atoms with Crippen molar-refractivity contribution in [1.82, 2.24) is 24.9 Å². The van der Waals surface area contributed by atoms with Gasteiger partial charge in [0.25, 0.3) is 5.91 Å². The predicted octanol–water partition coefficient (Wildman–Crippen LogP) is 1.13. The number of carbonyl (C=O) groups is 1. The molecular formula is C12H17N5O. The number of hydrogen-bond donors (Lipinski definition) is 1. The Morgan fingerprint density at radius 2 is 2.17 bits per heavy atom. The summed E-state index contributed by atoms with van der Waals surface area (Å²) in [7, 11) is 1.78. The number of nitrogens with zero attached hydrogens (tertiary/aromatic N) is 4. The highest BCUT2D eigenvalue weighted by Gasteiger charge is 2.15. The normalized spacial score (nSPS) is 12.4. The van der Waals surface area contributed by atoms with E-state index in [0.717, 1.165) is 12.2 Å². The van der Waals surface area contributed by atoms with E-state index in [4.69, 9.17) is 0 Å². The largest absolute Gasteiger partial charge is 0.342 e. The molecule has 0 saturated heterocycles. The van der Waals surface area contributed by atoms with E-state index in [-0.39, 0.29) is 11.9 Å². The maximum atomic E-state index is 11.9. The van der Waals surface area contributed by atoms with Crippen molar-refractivity contribution in [2.24, 2.45) is 7.05 Å². The molecule has 0 aromatic carbocycles. The number of hydrogen-bond acceptors (Lipinski definition) is 3. The summed E-state index contributed by atoms with van der Waals surface area (Å²) in [6.07, 6.45) is 3.64. The van der Waals surface area contributed by atoms with Crippen LogP contribution in [-0.4, -0.2) is 25.5 Å². The Kier molecular flexibility index (Phi) is 3.45. The lowest BCUT2D eigenvalue weighted by Crippen LogP contribution is -2.27. The first-order valence-electron chi connectivity index (χ1n) is 5.94. The van der Waals surface area contributed by atoms with E-state index in [1.54, 1.807) is 24.0 Å². The third-order valence-electron chi connectivity index (χ3n) is 2.72. The molecule has 1 N–H and O–H groups in total. The van der Waals surface area contributed by atoms with Gasteiger partial charge >= 0.3 is 0 Å². The Labute approximate surface area is 106 Å². The average Bonchev–Trinajstić information content (AvgIpc) is 2.97. The van der Waals surface area contributed by atoms with E-state index in [2.05, 4.69) is 15.5 Å². The van der Waals surface area contributed by atoms with Crippen LogP contribution in [-0.2, 0) is 13.6 Å². The highest BCUT2D eigenvalue weighted by molar-refractivity contribution is 5.92. The molecule has 0 aliphatic rings. The number of aryl methyl sites for hydroxylation is 2. The summed E-state index contributed by atoms with van der Waals surface area (Å²) < 4.78 is 3.43. The third-order valence-corrected chi connectivity index (χ3v) is 2.72. The highest BCUT2D eigenvalue weighted by atomic mass is 16.2. The van der Waals surface area contributed by atoms with Crippen LogP contribution in [0.2, 0.25) is 0 Å². The Bertz CT molecular complexity index is 542. The first-order valence-corrected chi connectivity index (χ1v) is 5.94. The molecule has 1 amide bonds. The monoisotopic (exact) mass is 247 g/mol. The molecule has 0 saturated carbocycles. The Balaban J connectivity index is 2.02. The van der Waals surface area contributed by atoms with Crippen molar-refractivity contribution in [2.45, 2.75) is 26.4 Å². The maximum absolute atomic E-state index is 11.9. The molecule has 2 rings (SSSR count). The standard InChI is InChI=1S/C12H17N5O/c1-4-17-8-6-10(15-17)9(2)13-12(18)11-5-7-16(3)14-11/h5-9H,4H2,1-3H3,(H,13,18). The fourth-order valence-corrected chi connectivity index (χ4v) is 1.67. The second-order valence-corrected chi connectivity index (χ2v) is 4.17. The minimum absolute atomic E-state index is 0.132. The molecular weight excluding hydrogens is 230 g/mol. The molecule has 1 unspecified atom stereocenters. The Morgan fingerprint density at radius 1 is 1.39 bits per heavy atom. The summed E-state index contributed by atoms with van der Waals surface area (Å²) in [5, 5.41) is 11.3. The quantitative estimate of drug-likeness (QED) is 0.880. The number of amides is 1. The lowest BCUT2D eigenvalue weighted by Gasteiger charge is -2.10. The van der Waals surface area contributed by atoms with Gasteiger partial charge in [0.05, 0.1) is 11.7 Å².